The molecule has 140 valence electrons. The lowest BCUT2D eigenvalue weighted by Crippen LogP contribution is -2.36. The van der Waals surface area contributed by atoms with Crippen molar-refractivity contribution in [1.29, 1.82) is 0 Å². The minimum Gasteiger partial charge on any atom is -0.378 e. The largest absolute Gasteiger partial charge is 0.378 e. The Hall–Kier alpha value is -3.32. The first-order valence-corrected chi connectivity index (χ1v) is 9.34. The molecule has 0 unspecified atom stereocenters. The fraction of sp³-hybridized carbons (Fsp3) is 0.238. The Kier molecular flexibility index (Phi) is 4.21. The number of fused-ring (bicyclic) bond motifs is 1. The van der Waals surface area contributed by atoms with Crippen molar-refractivity contribution in [3.05, 3.63) is 54.6 Å². The van der Waals surface area contributed by atoms with Gasteiger partial charge in [0.25, 0.3) is 0 Å². The van der Waals surface area contributed by atoms with E-state index < -0.39 is 0 Å². The van der Waals surface area contributed by atoms with Gasteiger partial charge in [0.15, 0.2) is 0 Å². The summed E-state index contributed by atoms with van der Waals surface area (Å²) in [5.74, 6) is 0.933. The summed E-state index contributed by atoms with van der Waals surface area (Å²) < 4.78 is 5.52. The number of hydrogen-bond acceptors (Lipinski definition) is 6. The number of aryl methyl sites for hydroxylation is 1. The molecule has 1 saturated heterocycles. The smallest absolute Gasteiger partial charge is 0.130 e. The molecule has 4 aromatic heterocycles. The highest BCUT2D eigenvalue weighted by atomic mass is 16.5. The second-order valence-corrected chi connectivity index (χ2v) is 6.84. The fourth-order valence-corrected chi connectivity index (χ4v) is 3.65. The Balaban J connectivity index is 1.80. The van der Waals surface area contributed by atoms with Crippen LogP contribution in [0.3, 0.4) is 0 Å². The van der Waals surface area contributed by atoms with E-state index >= 15 is 0 Å². The molecule has 0 aromatic carbocycles. The molecule has 0 atom stereocenters. The van der Waals surface area contributed by atoms with E-state index in [4.69, 9.17) is 9.72 Å². The van der Waals surface area contributed by atoms with Crippen LogP contribution in [0.15, 0.2) is 49.1 Å². The molecular weight excluding hydrogens is 352 g/mol. The molecule has 4 aromatic rings. The van der Waals surface area contributed by atoms with E-state index in [-0.39, 0.29) is 0 Å². The molecule has 5 heterocycles. The normalized spacial score (nSPS) is 14.5. The molecule has 7 heteroatoms. The van der Waals surface area contributed by atoms with Crippen molar-refractivity contribution in [2.24, 2.45) is 0 Å². The molecule has 0 bridgehead atoms. The van der Waals surface area contributed by atoms with Gasteiger partial charge in [-0.05, 0) is 42.3 Å². The predicted molar refractivity (Wildman–Crippen MR) is 108 cm³/mol. The molecule has 1 aliphatic rings. The van der Waals surface area contributed by atoms with Crippen LogP contribution in [0.4, 0.5) is 5.82 Å². The summed E-state index contributed by atoms with van der Waals surface area (Å²) in [5.41, 5.74) is 5.90. The van der Waals surface area contributed by atoms with Gasteiger partial charge >= 0.3 is 0 Å². The van der Waals surface area contributed by atoms with Crippen molar-refractivity contribution in [2.45, 2.75) is 6.92 Å². The summed E-state index contributed by atoms with van der Waals surface area (Å²) in [6, 6.07) is 8.13. The van der Waals surface area contributed by atoms with Crippen LogP contribution in [0.2, 0.25) is 0 Å². The van der Waals surface area contributed by atoms with E-state index in [9.17, 15) is 0 Å². The maximum Gasteiger partial charge on any atom is 0.130 e. The number of H-pyrrole nitrogens is 1. The Bertz CT molecular complexity index is 1120. The first kappa shape index (κ1) is 16.8. The number of hydrogen-bond donors (Lipinski definition) is 1. The minimum atomic E-state index is 0.710. The Morgan fingerprint density at radius 3 is 2.71 bits per heavy atom. The number of nitrogens with zero attached hydrogens (tertiary/aromatic N) is 5. The van der Waals surface area contributed by atoms with Crippen LogP contribution in [-0.4, -0.2) is 51.5 Å². The molecule has 1 aliphatic heterocycles. The zero-order valence-corrected chi connectivity index (χ0v) is 15.6. The van der Waals surface area contributed by atoms with Crippen molar-refractivity contribution in [3.63, 3.8) is 0 Å². The summed E-state index contributed by atoms with van der Waals surface area (Å²) in [7, 11) is 0. The second-order valence-electron chi connectivity index (χ2n) is 6.84. The Labute approximate surface area is 162 Å². The first-order chi connectivity index (χ1) is 13.8. The highest BCUT2D eigenvalue weighted by Gasteiger charge is 2.19. The summed E-state index contributed by atoms with van der Waals surface area (Å²) >= 11 is 0. The van der Waals surface area contributed by atoms with Gasteiger partial charge in [-0.2, -0.15) is 5.10 Å². The van der Waals surface area contributed by atoms with Crippen molar-refractivity contribution in [2.75, 3.05) is 31.2 Å². The van der Waals surface area contributed by atoms with Crippen molar-refractivity contribution in [1.82, 2.24) is 25.1 Å². The average molecular weight is 372 g/mol. The number of morpholine rings is 1. The molecule has 28 heavy (non-hydrogen) atoms. The predicted octanol–water partition coefficient (Wildman–Crippen LogP) is 3.23. The highest BCUT2D eigenvalue weighted by Crippen LogP contribution is 2.35. The molecular formula is C21H20N6O. The third-order valence-corrected chi connectivity index (χ3v) is 5.13. The summed E-state index contributed by atoms with van der Waals surface area (Å²) in [6.07, 6.45) is 7.30. The van der Waals surface area contributed by atoms with Gasteiger partial charge in [0.2, 0.25) is 0 Å². The van der Waals surface area contributed by atoms with Crippen LogP contribution in [0.5, 0.6) is 0 Å². The van der Waals surface area contributed by atoms with Gasteiger partial charge < -0.3 is 9.64 Å². The monoisotopic (exact) mass is 372 g/mol. The van der Waals surface area contributed by atoms with E-state index in [0.717, 1.165) is 52.3 Å². The number of anilines is 1. The number of pyridine rings is 3. The van der Waals surface area contributed by atoms with E-state index in [1.165, 1.54) is 5.56 Å². The van der Waals surface area contributed by atoms with Gasteiger partial charge in [-0.15, -0.1) is 0 Å². The molecule has 0 saturated carbocycles. The number of aromatic nitrogens is 5. The number of aromatic amines is 1. The molecule has 5 rings (SSSR count). The van der Waals surface area contributed by atoms with Gasteiger partial charge in [-0.1, -0.05) is 0 Å². The third kappa shape index (κ3) is 2.90. The van der Waals surface area contributed by atoms with Crippen LogP contribution in [-0.2, 0) is 4.74 Å². The maximum atomic E-state index is 5.52. The quantitative estimate of drug-likeness (QED) is 0.595. The fourth-order valence-electron chi connectivity index (χ4n) is 3.65. The van der Waals surface area contributed by atoms with Crippen LogP contribution >= 0.6 is 0 Å². The molecule has 1 N–H and O–H groups in total. The van der Waals surface area contributed by atoms with Crippen LogP contribution < -0.4 is 4.90 Å². The van der Waals surface area contributed by atoms with Gasteiger partial charge in [0, 0.05) is 48.8 Å². The number of rotatable bonds is 3. The summed E-state index contributed by atoms with van der Waals surface area (Å²) in [6.45, 7) is 5.17. The van der Waals surface area contributed by atoms with Crippen molar-refractivity contribution < 1.29 is 4.74 Å². The third-order valence-electron chi connectivity index (χ3n) is 5.13. The van der Waals surface area contributed by atoms with Gasteiger partial charge in [0.1, 0.15) is 17.0 Å². The lowest BCUT2D eigenvalue weighted by Gasteiger charge is -2.28. The van der Waals surface area contributed by atoms with E-state index in [1.807, 2.05) is 36.8 Å². The summed E-state index contributed by atoms with van der Waals surface area (Å²) in [4.78, 5) is 16.2. The molecule has 0 aliphatic carbocycles. The molecule has 0 radical (unpaired) electrons. The highest BCUT2D eigenvalue weighted by molar-refractivity contribution is 6.01. The SMILES string of the molecule is Cc1ccncc1-c1cc(N2CCOCC2)nc2c(-c3ccn[nH]3)nccc12. The lowest BCUT2D eigenvalue weighted by atomic mass is 9.98. The Morgan fingerprint density at radius 1 is 1.04 bits per heavy atom. The van der Waals surface area contributed by atoms with Crippen LogP contribution in [0.1, 0.15) is 5.56 Å². The van der Waals surface area contributed by atoms with Crippen molar-refractivity contribution in [3.8, 4) is 22.5 Å². The average Bonchev–Trinajstić information content (AvgIpc) is 3.28. The van der Waals surface area contributed by atoms with Crippen LogP contribution in [0.25, 0.3) is 33.4 Å². The molecule has 0 amide bonds. The minimum absolute atomic E-state index is 0.710. The van der Waals surface area contributed by atoms with Gasteiger partial charge in [0.05, 0.1) is 18.9 Å². The first-order valence-electron chi connectivity index (χ1n) is 9.34. The van der Waals surface area contributed by atoms with Crippen LogP contribution in [0, 0.1) is 6.92 Å². The zero-order valence-electron chi connectivity index (χ0n) is 15.6. The topological polar surface area (TPSA) is 79.8 Å². The standard InChI is InChI=1S/C21H20N6O/c1-14-2-5-22-13-17(14)16-12-19(27-8-10-28-11-9-27)25-20-15(16)3-6-23-21(20)18-4-7-24-26-18/h2-7,12-13H,8-11H2,1H3,(H,24,26). The second kappa shape index (κ2) is 7.01. The zero-order chi connectivity index (χ0) is 18.9. The van der Waals surface area contributed by atoms with Gasteiger partial charge in [-0.3, -0.25) is 15.1 Å². The molecule has 7 nitrogen and oxygen atoms in total. The molecule has 1 fully saturated rings. The van der Waals surface area contributed by atoms with E-state index in [0.29, 0.717) is 13.2 Å². The van der Waals surface area contributed by atoms with Gasteiger partial charge in [-0.25, -0.2) is 4.98 Å². The van der Waals surface area contributed by atoms with E-state index in [1.54, 1.807) is 6.20 Å². The number of ether oxygens (including phenoxy) is 1. The lowest BCUT2D eigenvalue weighted by molar-refractivity contribution is 0.122. The number of nitrogens with one attached hydrogen (secondary N) is 1. The van der Waals surface area contributed by atoms with E-state index in [2.05, 4.69) is 38.1 Å². The molecule has 0 spiro atoms. The summed E-state index contributed by atoms with van der Waals surface area (Å²) in [5, 5.41) is 8.15. The van der Waals surface area contributed by atoms with Crippen molar-refractivity contribution >= 4 is 16.7 Å². The maximum absolute atomic E-state index is 5.52. The Morgan fingerprint density at radius 2 is 1.93 bits per heavy atom.